The maximum Gasteiger partial charge on any atom is 0.149 e. The standard InChI is InChI=1S/C24H28N2O/c1-18-6-16-23(17-7-18)27-24(19-8-12-21(13-9-19)25(2)3)20-10-14-22(15-11-20)26(4)5/h6-17,24H,1-5H3. The second-order valence-electron chi connectivity index (χ2n) is 7.28. The second-order valence-corrected chi connectivity index (χ2v) is 7.28. The summed E-state index contributed by atoms with van der Waals surface area (Å²) in [6, 6.07) is 25.3. The van der Waals surface area contributed by atoms with Crippen LogP contribution < -0.4 is 14.5 Å². The van der Waals surface area contributed by atoms with Gasteiger partial charge in [-0.15, -0.1) is 0 Å². The maximum atomic E-state index is 6.42. The van der Waals surface area contributed by atoms with Crippen LogP contribution in [0.15, 0.2) is 72.8 Å². The van der Waals surface area contributed by atoms with E-state index in [-0.39, 0.29) is 6.10 Å². The largest absolute Gasteiger partial charge is 0.481 e. The highest BCUT2D eigenvalue weighted by Crippen LogP contribution is 2.31. The molecule has 0 heterocycles. The summed E-state index contributed by atoms with van der Waals surface area (Å²) in [5.74, 6) is 0.874. The van der Waals surface area contributed by atoms with E-state index in [0.29, 0.717) is 0 Å². The molecule has 0 saturated carbocycles. The molecule has 3 aromatic carbocycles. The van der Waals surface area contributed by atoms with Crippen LogP contribution in [0.4, 0.5) is 11.4 Å². The summed E-state index contributed by atoms with van der Waals surface area (Å²) < 4.78 is 6.42. The van der Waals surface area contributed by atoms with Gasteiger partial charge in [0, 0.05) is 39.6 Å². The van der Waals surface area contributed by atoms with Crippen LogP contribution in [0.1, 0.15) is 22.8 Å². The highest BCUT2D eigenvalue weighted by molar-refractivity contribution is 5.50. The van der Waals surface area contributed by atoms with Gasteiger partial charge in [0.25, 0.3) is 0 Å². The number of aryl methyl sites for hydroxylation is 1. The van der Waals surface area contributed by atoms with E-state index in [0.717, 1.165) is 16.9 Å². The van der Waals surface area contributed by atoms with Crippen LogP contribution >= 0.6 is 0 Å². The van der Waals surface area contributed by atoms with Gasteiger partial charge >= 0.3 is 0 Å². The Balaban J connectivity index is 1.95. The molecule has 0 spiro atoms. The molecule has 0 unspecified atom stereocenters. The summed E-state index contributed by atoms with van der Waals surface area (Å²) in [4.78, 5) is 4.21. The zero-order valence-electron chi connectivity index (χ0n) is 16.8. The van der Waals surface area contributed by atoms with Crippen molar-refractivity contribution in [1.82, 2.24) is 0 Å². The lowest BCUT2D eigenvalue weighted by molar-refractivity contribution is 0.247. The van der Waals surface area contributed by atoms with Gasteiger partial charge in [-0.1, -0.05) is 42.0 Å². The molecule has 0 amide bonds. The lowest BCUT2D eigenvalue weighted by Crippen LogP contribution is -2.12. The highest BCUT2D eigenvalue weighted by Gasteiger charge is 2.17. The predicted molar refractivity (Wildman–Crippen MR) is 115 cm³/mol. The fourth-order valence-electron chi connectivity index (χ4n) is 2.98. The minimum absolute atomic E-state index is 0.153. The minimum Gasteiger partial charge on any atom is -0.481 e. The molecule has 0 bridgehead atoms. The van der Waals surface area contributed by atoms with Crippen LogP contribution in [0, 0.1) is 6.92 Å². The topological polar surface area (TPSA) is 15.7 Å². The highest BCUT2D eigenvalue weighted by atomic mass is 16.5. The molecule has 0 fully saturated rings. The first-order valence-corrected chi connectivity index (χ1v) is 9.22. The second kappa shape index (κ2) is 8.17. The quantitative estimate of drug-likeness (QED) is 0.593. The van der Waals surface area contributed by atoms with E-state index in [1.54, 1.807) is 0 Å². The van der Waals surface area contributed by atoms with Gasteiger partial charge in [0.05, 0.1) is 0 Å². The van der Waals surface area contributed by atoms with Crippen LogP contribution in [-0.2, 0) is 0 Å². The summed E-state index contributed by atoms with van der Waals surface area (Å²) >= 11 is 0. The molecule has 0 N–H and O–H groups in total. The van der Waals surface area contributed by atoms with Crippen molar-refractivity contribution < 1.29 is 4.74 Å². The lowest BCUT2D eigenvalue weighted by Gasteiger charge is -2.22. The average Bonchev–Trinajstić information content (AvgIpc) is 2.68. The third kappa shape index (κ3) is 4.62. The lowest BCUT2D eigenvalue weighted by atomic mass is 10.0. The van der Waals surface area contributed by atoms with Gasteiger partial charge in [-0.3, -0.25) is 0 Å². The van der Waals surface area contributed by atoms with Gasteiger partial charge in [-0.25, -0.2) is 0 Å². The first kappa shape index (κ1) is 18.8. The van der Waals surface area contributed by atoms with Crippen LogP contribution in [0.3, 0.4) is 0 Å². The molecule has 27 heavy (non-hydrogen) atoms. The third-order valence-corrected chi connectivity index (χ3v) is 4.70. The van der Waals surface area contributed by atoms with Gasteiger partial charge in [0.1, 0.15) is 11.9 Å². The van der Waals surface area contributed by atoms with Crippen molar-refractivity contribution in [2.24, 2.45) is 0 Å². The van der Waals surface area contributed by atoms with E-state index in [2.05, 4.69) is 106 Å². The van der Waals surface area contributed by atoms with Crippen LogP contribution in [0.5, 0.6) is 5.75 Å². The van der Waals surface area contributed by atoms with Gasteiger partial charge in [-0.2, -0.15) is 0 Å². The molecule has 0 aliphatic heterocycles. The monoisotopic (exact) mass is 360 g/mol. The Morgan fingerprint density at radius 1 is 0.593 bits per heavy atom. The third-order valence-electron chi connectivity index (χ3n) is 4.70. The predicted octanol–water partition coefficient (Wildman–Crippen LogP) is 5.30. The van der Waals surface area contributed by atoms with Crippen molar-refractivity contribution in [3.05, 3.63) is 89.5 Å². The van der Waals surface area contributed by atoms with E-state index in [1.807, 2.05) is 12.1 Å². The Morgan fingerprint density at radius 2 is 1.00 bits per heavy atom. The molecule has 140 valence electrons. The van der Waals surface area contributed by atoms with Crippen LogP contribution in [0.25, 0.3) is 0 Å². The molecule has 3 aromatic rings. The molecule has 3 nitrogen and oxygen atoms in total. The SMILES string of the molecule is Cc1ccc(OC(c2ccc(N(C)C)cc2)c2ccc(N(C)C)cc2)cc1. The van der Waals surface area contributed by atoms with Gasteiger partial charge in [0.2, 0.25) is 0 Å². The summed E-state index contributed by atoms with van der Waals surface area (Å²) in [5, 5.41) is 0. The normalized spacial score (nSPS) is 10.7. The molecule has 0 aromatic heterocycles. The number of ether oxygens (including phenoxy) is 1. The molecule has 0 atom stereocenters. The van der Waals surface area contributed by atoms with E-state index in [4.69, 9.17) is 4.74 Å². The summed E-state index contributed by atoms with van der Waals surface area (Å²) in [6.45, 7) is 2.08. The Labute approximate surface area is 162 Å². The van der Waals surface area contributed by atoms with Gasteiger partial charge in [-0.05, 0) is 54.4 Å². The number of benzene rings is 3. The Kier molecular flexibility index (Phi) is 5.70. The van der Waals surface area contributed by atoms with E-state index < -0.39 is 0 Å². The van der Waals surface area contributed by atoms with E-state index in [1.165, 1.54) is 16.9 Å². The van der Waals surface area contributed by atoms with Crippen molar-refractivity contribution in [3.63, 3.8) is 0 Å². The smallest absolute Gasteiger partial charge is 0.149 e. The zero-order valence-corrected chi connectivity index (χ0v) is 16.8. The van der Waals surface area contributed by atoms with Crippen molar-refractivity contribution in [1.29, 1.82) is 0 Å². The minimum atomic E-state index is -0.153. The summed E-state index contributed by atoms with van der Waals surface area (Å²) in [5.41, 5.74) is 5.86. The molecule has 3 rings (SSSR count). The van der Waals surface area contributed by atoms with Gasteiger partial charge in [0.15, 0.2) is 0 Å². The van der Waals surface area contributed by atoms with E-state index in [9.17, 15) is 0 Å². The Hall–Kier alpha value is -2.94. The molecule has 0 aliphatic carbocycles. The number of hydrogen-bond acceptors (Lipinski definition) is 3. The van der Waals surface area contributed by atoms with Crippen molar-refractivity contribution >= 4 is 11.4 Å². The van der Waals surface area contributed by atoms with Gasteiger partial charge < -0.3 is 14.5 Å². The maximum absolute atomic E-state index is 6.42. The first-order chi connectivity index (χ1) is 12.9. The van der Waals surface area contributed by atoms with Crippen LogP contribution in [-0.4, -0.2) is 28.2 Å². The van der Waals surface area contributed by atoms with E-state index >= 15 is 0 Å². The fraction of sp³-hybridized carbons (Fsp3) is 0.250. The van der Waals surface area contributed by atoms with Crippen molar-refractivity contribution in [2.45, 2.75) is 13.0 Å². The first-order valence-electron chi connectivity index (χ1n) is 9.22. The fourth-order valence-corrected chi connectivity index (χ4v) is 2.98. The molecular formula is C24H28N2O. The average molecular weight is 361 g/mol. The molecular weight excluding hydrogens is 332 g/mol. The van der Waals surface area contributed by atoms with Crippen LogP contribution in [0.2, 0.25) is 0 Å². The Morgan fingerprint density at radius 3 is 1.37 bits per heavy atom. The summed E-state index contributed by atoms with van der Waals surface area (Å²) in [6.07, 6.45) is -0.153. The number of nitrogens with zero attached hydrogens (tertiary/aromatic N) is 2. The van der Waals surface area contributed by atoms with Crippen molar-refractivity contribution in [2.75, 3.05) is 38.0 Å². The zero-order chi connectivity index (χ0) is 19.4. The Bertz CT molecular complexity index is 799. The molecule has 0 aliphatic rings. The van der Waals surface area contributed by atoms with Crippen molar-refractivity contribution in [3.8, 4) is 5.75 Å². The number of hydrogen-bond donors (Lipinski definition) is 0. The molecule has 3 heteroatoms. The number of rotatable bonds is 6. The summed E-state index contributed by atoms with van der Waals surface area (Å²) in [7, 11) is 8.20. The number of anilines is 2. The molecule has 0 radical (unpaired) electrons. The molecule has 0 saturated heterocycles.